The van der Waals surface area contributed by atoms with Crippen molar-refractivity contribution < 1.29 is 4.79 Å². The van der Waals surface area contributed by atoms with Crippen molar-refractivity contribution in [2.45, 2.75) is 47.5 Å². The maximum atomic E-state index is 12.9. The second kappa shape index (κ2) is 7.60. The summed E-state index contributed by atoms with van der Waals surface area (Å²) in [5.41, 5.74) is 4.00. The highest BCUT2D eigenvalue weighted by Gasteiger charge is 2.38. The van der Waals surface area contributed by atoms with E-state index in [1.165, 1.54) is 20.5 Å². The van der Waals surface area contributed by atoms with Gasteiger partial charge in [-0.15, -0.1) is 11.3 Å². The third kappa shape index (κ3) is 4.72. The van der Waals surface area contributed by atoms with Crippen molar-refractivity contribution in [2.75, 3.05) is 26.0 Å². The summed E-state index contributed by atoms with van der Waals surface area (Å²) >= 11 is 1.78. The summed E-state index contributed by atoms with van der Waals surface area (Å²) in [6.07, 6.45) is 8.50. The predicted octanol–water partition coefficient (Wildman–Crippen LogP) is 5.74. The van der Waals surface area contributed by atoms with Crippen molar-refractivity contribution in [1.82, 2.24) is 5.01 Å². The van der Waals surface area contributed by atoms with E-state index >= 15 is 0 Å². The van der Waals surface area contributed by atoms with Gasteiger partial charge in [-0.2, -0.15) is 5.10 Å². The first-order valence-electron chi connectivity index (χ1n) is 10.1. The van der Waals surface area contributed by atoms with Crippen molar-refractivity contribution in [1.29, 1.82) is 0 Å². The van der Waals surface area contributed by atoms with Crippen LogP contribution < -0.4 is 4.90 Å². The first-order chi connectivity index (χ1) is 13.4. The number of anilines is 1. The molecule has 0 saturated heterocycles. The molecule has 1 aliphatic carbocycles. The maximum absolute atomic E-state index is 12.9. The van der Waals surface area contributed by atoms with Crippen LogP contribution in [0.15, 0.2) is 46.1 Å². The molecule has 0 saturated carbocycles. The van der Waals surface area contributed by atoms with E-state index in [0.717, 1.165) is 29.7 Å². The van der Waals surface area contributed by atoms with Gasteiger partial charge in [-0.3, -0.25) is 4.79 Å². The lowest BCUT2D eigenvalue weighted by molar-refractivity contribution is -0.124. The van der Waals surface area contributed by atoms with E-state index in [9.17, 15) is 4.79 Å². The number of amides is 1. The highest BCUT2D eigenvalue weighted by atomic mass is 32.1. The molecule has 1 aromatic heterocycles. The van der Waals surface area contributed by atoms with E-state index in [1.807, 2.05) is 0 Å². The molecule has 0 atom stereocenters. The Morgan fingerprint density at radius 3 is 2.45 bits per heavy atom. The number of allylic oxidation sites excluding steroid dienone is 4. The fraction of sp³-hybridized carbons (Fsp3) is 0.500. The Hall–Kier alpha value is -2.14. The van der Waals surface area contributed by atoms with Gasteiger partial charge >= 0.3 is 0 Å². The van der Waals surface area contributed by atoms with Crippen LogP contribution in [0.25, 0.3) is 6.08 Å². The molecule has 2 heterocycles. The number of nitrogens with zero attached hydrogens (tertiary/aromatic N) is 3. The highest BCUT2D eigenvalue weighted by molar-refractivity contribution is 7.16. The molecule has 3 rings (SSSR count). The Morgan fingerprint density at radius 2 is 1.86 bits per heavy atom. The van der Waals surface area contributed by atoms with E-state index in [2.05, 4.69) is 89.1 Å². The van der Waals surface area contributed by atoms with Gasteiger partial charge in [0.05, 0.1) is 16.3 Å². The van der Waals surface area contributed by atoms with Gasteiger partial charge in [0, 0.05) is 31.4 Å². The number of carbonyl (C=O) groups excluding carboxylic acids is 1. The van der Waals surface area contributed by atoms with Crippen molar-refractivity contribution >= 4 is 34.0 Å². The lowest BCUT2D eigenvalue weighted by Gasteiger charge is -2.32. The predicted molar refractivity (Wildman–Crippen MR) is 125 cm³/mol. The lowest BCUT2D eigenvalue weighted by Crippen LogP contribution is -2.27. The maximum Gasteiger partial charge on any atom is 0.275 e. The number of hydrazone groups is 1. The number of carbonyl (C=O) groups is 1. The van der Waals surface area contributed by atoms with Crippen LogP contribution >= 0.6 is 11.3 Å². The standard InChI is InChI=1S/C24H33N3OS/c1-23(2,3)21-20(22(28)27(8)25-21)17-13-16(14-24(4,5)15-17)9-10-18-11-12-19(29-18)26(6)7/h9-13H,14-15H2,1-8H3/b10-9+,20-17+. The zero-order valence-corrected chi connectivity index (χ0v) is 19.8. The van der Waals surface area contributed by atoms with Gasteiger partial charge in [-0.05, 0) is 47.6 Å². The smallest absolute Gasteiger partial charge is 0.275 e. The second-order valence-corrected chi connectivity index (χ2v) is 11.2. The van der Waals surface area contributed by atoms with Gasteiger partial charge < -0.3 is 4.90 Å². The van der Waals surface area contributed by atoms with Crippen LogP contribution in [0.3, 0.4) is 0 Å². The minimum Gasteiger partial charge on any atom is -0.370 e. The average molecular weight is 412 g/mol. The van der Waals surface area contributed by atoms with Crippen molar-refractivity contribution in [3.8, 4) is 0 Å². The van der Waals surface area contributed by atoms with Crippen LogP contribution in [0.5, 0.6) is 0 Å². The molecule has 2 aliphatic rings. The third-order valence-electron chi connectivity index (χ3n) is 5.25. The van der Waals surface area contributed by atoms with E-state index in [0.29, 0.717) is 0 Å². The molecule has 1 aliphatic heterocycles. The summed E-state index contributed by atoms with van der Waals surface area (Å²) in [5.74, 6) is 0.0103. The molecule has 29 heavy (non-hydrogen) atoms. The normalized spacial score (nSPS) is 22.3. The molecule has 0 fully saturated rings. The number of hydrogen-bond donors (Lipinski definition) is 0. The second-order valence-electron chi connectivity index (χ2n) is 10.1. The highest BCUT2D eigenvalue weighted by Crippen LogP contribution is 2.42. The largest absolute Gasteiger partial charge is 0.370 e. The molecule has 0 bridgehead atoms. The molecule has 0 radical (unpaired) electrons. The number of hydrogen-bond acceptors (Lipinski definition) is 4. The molecular weight excluding hydrogens is 378 g/mol. The van der Waals surface area contributed by atoms with E-state index < -0.39 is 0 Å². The van der Waals surface area contributed by atoms with E-state index in [-0.39, 0.29) is 16.7 Å². The van der Waals surface area contributed by atoms with E-state index in [4.69, 9.17) is 0 Å². The van der Waals surface area contributed by atoms with Crippen molar-refractivity contribution in [3.05, 3.63) is 45.9 Å². The van der Waals surface area contributed by atoms with Gasteiger partial charge in [0.25, 0.3) is 5.91 Å². The zero-order chi connectivity index (χ0) is 21.6. The third-order valence-corrected chi connectivity index (χ3v) is 6.47. The van der Waals surface area contributed by atoms with Crippen LogP contribution in [0.4, 0.5) is 5.00 Å². The molecule has 0 spiro atoms. The summed E-state index contributed by atoms with van der Waals surface area (Å²) in [4.78, 5) is 16.3. The number of likely N-dealkylation sites (N-methyl/N-ethyl adjacent to an activating group) is 1. The van der Waals surface area contributed by atoms with Crippen molar-refractivity contribution in [3.63, 3.8) is 0 Å². The Morgan fingerprint density at radius 1 is 1.17 bits per heavy atom. The first-order valence-corrected chi connectivity index (χ1v) is 11.0. The summed E-state index contributed by atoms with van der Waals surface area (Å²) in [6.45, 7) is 10.9. The number of thiophene rings is 1. The summed E-state index contributed by atoms with van der Waals surface area (Å²) in [7, 11) is 5.88. The summed E-state index contributed by atoms with van der Waals surface area (Å²) in [6, 6.07) is 4.31. The zero-order valence-electron chi connectivity index (χ0n) is 19.0. The van der Waals surface area contributed by atoms with Gasteiger partial charge in [0.2, 0.25) is 0 Å². The summed E-state index contributed by atoms with van der Waals surface area (Å²) < 4.78 is 0. The van der Waals surface area contributed by atoms with Gasteiger partial charge in [-0.25, -0.2) is 5.01 Å². The molecule has 156 valence electrons. The average Bonchev–Trinajstić information content (AvgIpc) is 3.17. The van der Waals surface area contributed by atoms with E-state index in [1.54, 1.807) is 18.4 Å². The summed E-state index contributed by atoms with van der Waals surface area (Å²) in [5, 5.41) is 7.31. The fourth-order valence-corrected chi connectivity index (χ4v) is 4.74. The lowest BCUT2D eigenvalue weighted by atomic mass is 9.72. The minimum absolute atomic E-state index is 0.0103. The van der Waals surface area contributed by atoms with Gasteiger partial charge in [-0.1, -0.05) is 46.8 Å². The topological polar surface area (TPSA) is 35.9 Å². The molecule has 0 unspecified atom stereocenters. The quantitative estimate of drug-likeness (QED) is 0.594. The van der Waals surface area contributed by atoms with Crippen molar-refractivity contribution in [2.24, 2.45) is 15.9 Å². The minimum atomic E-state index is -0.173. The van der Waals surface area contributed by atoms with Crippen LogP contribution in [-0.4, -0.2) is 37.8 Å². The first kappa shape index (κ1) is 21.6. The Kier molecular flexibility index (Phi) is 5.65. The molecule has 0 aromatic carbocycles. The number of rotatable bonds is 3. The Bertz CT molecular complexity index is 936. The molecule has 0 N–H and O–H groups in total. The van der Waals surface area contributed by atoms with Crippen LogP contribution in [0.1, 0.15) is 52.3 Å². The van der Waals surface area contributed by atoms with Crippen LogP contribution in [0, 0.1) is 10.8 Å². The molecule has 5 heteroatoms. The van der Waals surface area contributed by atoms with Gasteiger partial charge in [0.1, 0.15) is 0 Å². The fourth-order valence-electron chi connectivity index (χ4n) is 3.91. The van der Waals surface area contributed by atoms with Crippen LogP contribution in [0.2, 0.25) is 0 Å². The molecular formula is C24H33N3OS. The van der Waals surface area contributed by atoms with Crippen LogP contribution in [-0.2, 0) is 4.79 Å². The molecule has 1 amide bonds. The molecule has 4 nitrogen and oxygen atoms in total. The SMILES string of the molecule is CN1N=C(C(C)(C)C)/C(=C2C=C(/C=C/c3ccc(N(C)C)s3)CC(C)(C)C/2)C1=O. The Balaban J connectivity index is 2.01. The Labute approximate surface area is 179 Å². The molecule has 1 aromatic rings. The van der Waals surface area contributed by atoms with Gasteiger partial charge in [0.15, 0.2) is 0 Å². The monoisotopic (exact) mass is 411 g/mol.